The molecule has 1 atom stereocenters. The van der Waals surface area contributed by atoms with E-state index in [1.807, 2.05) is 18.2 Å². The molecule has 4 rings (SSSR count). The second-order valence-electron chi connectivity index (χ2n) is 6.09. The second kappa shape index (κ2) is 6.91. The maximum atomic E-state index is 12.5. The zero-order chi connectivity index (χ0) is 19.6. The summed E-state index contributed by atoms with van der Waals surface area (Å²) < 4.78 is 0. The number of rotatable bonds is 5. The topological polar surface area (TPSA) is 131 Å². The molecule has 10 nitrogen and oxygen atoms in total. The highest BCUT2D eigenvalue weighted by atomic mass is 16.2. The first-order valence-corrected chi connectivity index (χ1v) is 8.38. The first-order valence-electron chi connectivity index (χ1n) is 8.38. The monoisotopic (exact) mass is 377 g/mol. The summed E-state index contributed by atoms with van der Waals surface area (Å²) in [6.07, 6.45) is 4.33. The van der Waals surface area contributed by atoms with Crippen molar-refractivity contribution in [2.45, 2.75) is 5.54 Å². The summed E-state index contributed by atoms with van der Waals surface area (Å²) in [5, 5.41) is 15.7. The van der Waals surface area contributed by atoms with Crippen molar-refractivity contribution < 1.29 is 14.4 Å². The molecular weight excluding hydrogens is 362 g/mol. The van der Waals surface area contributed by atoms with Gasteiger partial charge in [-0.2, -0.15) is 9.90 Å². The molecule has 0 unspecified atom stereocenters. The summed E-state index contributed by atoms with van der Waals surface area (Å²) in [4.78, 5) is 41.9. The summed E-state index contributed by atoms with van der Waals surface area (Å²) in [7, 11) is 0. The molecule has 28 heavy (non-hydrogen) atoms. The van der Waals surface area contributed by atoms with Crippen LogP contribution in [0.4, 0.5) is 4.79 Å². The molecule has 1 aliphatic heterocycles. The summed E-state index contributed by atoms with van der Waals surface area (Å²) in [6, 6.07) is 11.7. The zero-order valence-electron chi connectivity index (χ0n) is 14.5. The Morgan fingerprint density at radius 1 is 1.11 bits per heavy atom. The molecule has 0 aliphatic carbocycles. The average Bonchev–Trinajstić information content (AvgIpc) is 3.33. The van der Waals surface area contributed by atoms with Crippen molar-refractivity contribution >= 4 is 17.8 Å². The van der Waals surface area contributed by atoms with E-state index in [2.05, 4.69) is 31.1 Å². The predicted molar refractivity (Wildman–Crippen MR) is 96.3 cm³/mol. The molecule has 3 heterocycles. The van der Waals surface area contributed by atoms with Gasteiger partial charge in [0.05, 0.1) is 18.4 Å². The number of carbonyl (C=O) groups is 3. The third kappa shape index (κ3) is 3.07. The highest BCUT2D eigenvalue weighted by Gasteiger charge is 2.48. The Hall–Kier alpha value is -4.08. The Bertz CT molecular complexity index is 1040. The summed E-state index contributed by atoms with van der Waals surface area (Å²) in [5.74, 6) is -1.08. The van der Waals surface area contributed by atoms with Crippen molar-refractivity contribution in [3.05, 3.63) is 72.3 Å². The average molecular weight is 377 g/mol. The van der Waals surface area contributed by atoms with Crippen LogP contribution in [0.1, 0.15) is 16.1 Å². The molecule has 1 saturated heterocycles. The molecule has 1 aromatic carbocycles. The molecule has 4 amide bonds. The third-order valence-electron chi connectivity index (χ3n) is 4.34. The second-order valence-corrected chi connectivity index (χ2v) is 6.09. The van der Waals surface area contributed by atoms with Gasteiger partial charge >= 0.3 is 6.03 Å². The van der Waals surface area contributed by atoms with Gasteiger partial charge in [-0.05, 0) is 29.8 Å². The van der Waals surface area contributed by atoms with Crippen molar-refractivity contribution in [1.29, 1.82) is 0 Å². The van der Waals surface area contributed by atoms with Crippen LogP contribution in [-0.2, 0) is 10.3 Å². The molecule has 140 valence electrons. The predicted octanol–water partition coefficient (Wildman–Crippen LogP) is 0.127. The van der Waals surface area contributed by atoms with Crippen LogP contribution in [0.25, 0.3) is 5.69 Å². The normalized spacial score (nSPS) is 18.4. The maximum Gasteiger partial charge on any atom is 0.322 e. The number of pyridine rings is 1. The molecular formula is C18H15N7O3. The zero-order valence-corrected chi connectivity index (χ0v) is 14.5. The van der Waals surface area contributed by atoms with Crippen LogP contribution >= 0.6 is 0 Å². The molecule has 0 spiro atoms. The Balaban J connectivity index is 1.54. The number of para-hydroxylation sites is 1. The molecule has 3 N–H and O–H groups in total. The number of urea groups is 1. The van der Waals surface area contributed by atoms with E-state index >= 15 is 0 Å². The first kappa shape index (κ1) is 17.3. The van der Waals surface area contributed by atoms with E-state index < -0.39 is 23.4 Å². The number of benzene rings is 1. The number of hydrogen-bond donors (Lipinski definition) is 3. The lowest BCUT2D eigenvalue weighted by molar-refractivity contribution is -0.124. The smallest absolute Gasteiger partial charge is 0.322 e. The van der Waals surface area contributed by atoms with E-state index in [9.17, 15) is 14.4 Å². The van der Waals surface area contributed by atoms with Crippen LogP contribution < -0.4 is 16.0 Å². The van der Waals surface area contributed by atoms with E-state index in [1.54, 1.807) is 24.3 Å². The Morgan fingerprint density at radius 3 is 2.54 bits per heavy atom. The molecule has 0 bridgehead atoms. The number of aromatic nitrogens is 4. The fourth-order valence-corrected chi connectivity index (χ4v) is 2.91. The quantitative estimate of drug-likeness (QED) is 0.542. The molecule has 1 fully saturated rings. The minimum absolute atomic E-state index is 0.0819. The van der Waals surface area contributed by atoms with Gasteiger partial charge in [-0.1, -0.05) is 18.2 Å². The molecule has 10 heteroatoms. The molecule has 3 aromatic rings. The highest BCUT2D eigenvalue weighted by Crippen LogP contribution is 2.23. The molecule has 0 radical (unpaired) electrons. The number of carbonyl (C=O) groups excluding carboxylic acids is 3. The Labute approximate surface area is 159 Å². The Kier molecular flexibility index (Phi) is 4.28. The van der Waals surface area contributed by atoms with Gasteiger partial charge in [0.1, 0.15) is 0 Å². The van der Waals surface area contributed by atoms with Crippen LogP contribution in [0, 0.1) is 0 Å². The number of nitrogens with one attached hydrogen (secondary N) is 3. The summed E-state index contributed by atoms with van der Waals surface area (Å²) in [5.41, 5.74) is -0.139. The van der Waals surface area contributed by atoms with Gasteiger partial charge in [-0.15, -0.1) is 5.10 Å². The van der Waals surface area contributed by atoms with Crippen LogP contribution in [0.3, 0.4) is 0 Å². The van der Waals surface area contributed by atoms with Crippen molar-refractivity contribution in [3.8, 4) is 5.69 Å². The van der Waals surface area contributed by atoms with Crippen molar-refractivity contribution in [3.63, 3.8) is 0 Å². The van der Waals surface area contributed by atoms with Crippen molar-refractivity contribution in [2.75, 3.05) is 6.54 Å². The molecule has 1 aliphatic rings. The van der Waals surface area contributed by atoms with Crippen LogP contribution in [-0.4, -0.2) is 44.4 Å². The van der Waals surface area contributed by atoms with E-state index in [-0.39, 0.29) is 12.2 Å². The van der Waals surface area contributed by atoms with Crippen molar-refractivity contribution in [1.82, 2.24) is 35.9 Å². The minimum Gasteiger partial charge on any atom is -0.347 e. The minimum atomic E-state index is -1.43. The van der Waals surface area contributed by atoms with Gasteiger partial charge in [-0.25, -0.2) is 4.79 Å². The standard InChI is InChI=1S/C18H15N7O3/c26-15(14-10-21-25(24-14)13-4-2-1-3-5-13)20-11-18(12-6-8-19-9-7-12)16(27)22-17(28)23-18/h1-10H,11H2,(H,20,26)(H2,22,23,27,28)/t18-/m0/s1. The van der Waals surface area contributed by atoms with E-state index in [1.165, 1.54) is 23.4 Å². The lowest BCUT2D eigenvalue weighted by atomic mass is 9.90. The number of imide groups is 1. The first-order chi connectivity index (χ1) is 13.6. The summed E-state index contributed by atoms with van der Waals surface area (Å²) in [6.45, 7) is -0.161. The number of amides is 4. The largest absolute Gasteiger partial charge is 0.347 e. The van der Waals surface area contributed by atoms with Crippen molar-refractivity contribution in [2.24, 2.45) is 0 Å². The summed E-state index contributed by atoms with van der Waals surface area (Å²) >= 11 is 0. The Morgan fingerprint density at radius 2 is 1.86 bits per heavy atom. The number of hydrogen-bond acceptors (Lipinski definition) is 6. The van der Waals surface area contributed by atoms with Gasteiger partial charge in [0, 0.05) is 12.4 Å². The SMILES string of the molecule is O=C1NC(=O)[C@](CNC(=O)c2cnn(-c3ccccc3)n2)(c2ccncc2)N1. The molecule has 2 aromatic heterocycles. The lowest BCUT2D eigenvalue weighted by Crippen LogP contribution is -2.52. The highest BCUT2D eigenvalue weighted by molar-refractivity contribution is 6.08. The fraction of sp³-hybridized carbons (Fsp3) is 0.111. The molecule has 0 saturated carbocycles. The van der Waals surface area contributed by atoms with Crippen LogP contribution in [0.15, 0.2) is 61.1 Å². The fourth-order valence-electron chi connectivity index (χ4n) is 2.91. The van der Waals surface area contributed by atoms with Gasteiger partial charge < -0.3 is 10.6 Å². The van der Waals surface area contributed by atoms with Gasteiger partial charge in [-0.3, -0.25) is 19.9 Å². The van der Waals surface area contributed by atoms with Gasteiger partial charge in [0.15, 0.2) is 11.2 Å². The van der Waals surface area contributed by atoms with Crippen LogP contribution in [0.2, 0.25) is 0 Å². The van der Waals surface area contributed by atoms with Gasteiger partial charge in [0.25, 0.3) is 11.8 Å². The van der Waals surface area contributed by atoms with E-state index in [4.69, 9.17) is 0 Å². The maximum absolute atomic E-state index is 12.5. The number of nitrogens with zero attached hydrogens (tertiary/aromatic N) is 4. The van der Waals surface area contributed by atoms with E-state index in [0.717, 1.165) is 0 Å². The van der Waals surface area contributed by atoms with E-state index in [0.29, 0.717) is 11.3 Å². The lowest BCUT2D eigenvalue weighted by Gasteiger charge is -2.26. The van der Waals surface area contributed by atoms with Crippen LogP contribution in [0.5, 0.6) is 0 Å². The van der Waals surface area contributed by atoms with Gasteiger partial charge in [0.2, 0.25) is 0 Å². The third-order valence-corrected chi connectivity index (χ3v) is 4.34.